The Labute approximate surface area is 126 Å². The number of aromatic nitrogens is 1. The number of rotatable bonds is 3. The fourth-order valence-corrected chi connectivity index (χ4v) is 5.65. The summed E-state index contributed by atoms with van der Waals surface area (Å²) in [6, 6.07) is 0.708. The van der Waals surface area contributed by atoms with E-state index < -0.39 is 25.9 Å². The SMILES string of the molecule is Nc1ncc(Br)cc1S(=O)(=O)NC1CCCS(=O)(=O)C1. The first kappa shape index (κ1) is 15.7. The Balaban J connectivity index is 2.25. The first-order valence-electron chi connectivity index (χ1n) is 5.83. The van der Waals surface area contributed by atoms with Gasteiger partial charge in [0.25, 0.3) is 0 Å². The second kappa shape index (κ2) is 5.58. The zero-order valence-corrected chi connectivity index (χ0v) is 13.6. The van der Waals surface area contributed by atoms with Gasteiger partial charge in [-0.3, -0.25) is 0 Å². The molecule has 1 unspecified atom stereocenters. The van der Waals surface area contributed by atoms with E-state index in [1.165, 1.54) is 12.3 Å². The fraction of sp³-hybridized carbons (Fsp3) is 0.500. The first-order chi connectivity index (χ1) is 9.20. The first-order valence-corrected chi connectivity index (χ1v) is 9.93. The molecule has 0 bridgehead atoms. The van der Waals surface area contributed by atoms with E-state index in [0.717, 1.165) is 0 Å². The van der Waals surface area contributed by atoms with Gasteiger partial charge in [-0.15, -0.1) is 0 Å². The monoisotopic (exact) mass is 383 g/mol. The number of nitrogens with two attached hydrogens (primary N) is 1. The Bertz CT molecular complexity index is 718. The number of nitrogens with one attached hydrogen (secondary N) is 1. The Morgan fingerprint density at radius 2 is 2.15 bits per heavy atom. The summed E-state index contributed by atoms with van der Waals surface area (Å²) in [6.45, 7) is 0. The number of hydrogen-bond acceptors (Lipinski definition) is 6. The van der Waals surface area contributed by atoms with Crippen LogP contribution in [0.4, 0.5) is 5.82 Å². The number of sulfone groups is 1. The van der Waals surface area contributed by atoms with Gasteiger partial charge < -0.3 is 5.73 Å². The normalized spacial score (nSPS) is 22.6. The summed E-state index contributed by atoms with van der Waals surface area (Å²) in [7, 11) is -7.08. The highest BCUT2D eigenvalue weighted by Crippen LogP contribution is 2.22. The molecule has 2 heterocycles. The molecule has 112 valence electrons. The van der Waals surface area contributed by atoms with E-state index >= 15 is 0 Å². The summed E-state index contributed by atoms with van der Waals surface area (Å²) in [5.74, 6) is -0.210. The lowest BCUT2D eigenvalue weighted by molar-refractivity contribution is 0.517. The maximum absolute atomic E-state index is 12.2. The number of nitrogens with zero attached hydrogens (tertiary/aromatic N) is 1. The molecule has 1 aromatic heterocycles. The molecule has 10 heteroatoms. The average Bonchev–Trinajstić information content (AvgIpc) is 2.30. The highest BCUT2D eigenvalue weighted by Gasteiger charge is 2.29. The van der Waals surface area contributed by atoms with Gasteiger partial charge in [0.15, 0.2) is 9.84 Å². The van der Waals surface area contributed by atoms with Crippen LogP contribution in [0.5, 0.6) is 0 Å². The van der Waals surface area contributed by atoms with E-state index in [0.29, 0.717) is 17.3 Å². The number of sulfonamides is 1. The van der Waals surface area contributed by atoms with Crippen molar-refractivity contribution in [3.63, 3.8) is 0 Å². The van der Waals surface area contributed by atoms with E-state index in [1.54, 1.807) is 0 Å². The van der Waals surface area contributed by atoms with Crippen LogP contribution in [0.25, 0.3) is 0 Å². The summed E-state index contributed by atoms with van der Waals surface area (Å²) >= 11 is 3.13. The number of anilines is 1. The van der Waals surface area contributed by atoms with Gasteiger partial charge in [0.2, 0.25) is 10.0 Å². The maximum Gasteiger partial charge on any atom is 0.244 e. The standard InChI is InChI=1S/C10H14BrN3O4S2/c11-7-4-9(10(12)13-5-7)20(17,18)14-8-2-1-3-19(15,16)6-8/h4-5,8,14H,1-3,6H2,(H2,12,13). The third-order valence-corrected chi connectivity index (χ3v) is 6.73. The highest BCUT2D eigenvalue weighted by molar-refractivity contribution is 9.10. The zero-order valence-electron chi connectivity index (χ0n) is 10.4. The predicted octanol–water partition coefficient (Wildman–Crippen LogP) is 0.282. The van der Waals surface area contributed by atoms with Crippen molar-refractivity contribution in [1.82, 2.24) is 9.71 Å². The molecule has 1 saturated heterocycles. The quantitative estimate of drug-likeness (QED) is 0.773. The Hall–Kier alpha value is -0.710. The van der Waals surface area contributed by atoms with Gasteiger partial charge in [-0.05, 0) is 34.8 Å². The van der Waals surface area contributed by atoms with Gasteiger partial charge in [0, 0.05) is 16.7 Å². The Morgan fingerprint density at radius 1 is 1.45 bits per heavy atom. The summed E-state index contributed by atoms with van der Waals surface area (Å²) in [6.07, 6.45) is 2.32. The molecular weight excluding hydrogens is 370 g/mol. The zero-order chi connectivity index (χ0) is 15.0. The average molecular weight is 384 g/mol. The van der Waals surface area contributed by atoms with Crippen LogP contribution in [-0.4, -0.2) is 39.4 Å². The van der Waals surface area contributed by atoms with E-state index in [-0.39, 0.29) is 22.2 Å². The molecule has 1 atom stereocenters. The molecule has 1 fully saturated rings. The molecule has 0 amide bonds. The molecule has 0 aromatic carbocycles. The van der Waals surface area contributed by atoms with Crippen LogP contribution in [0.2, 0.25) is 0 Å². The lowest BCUT2D eigenvalue weighted by atomic mass is 10.2. The van der Waals surface area contributed by atoms with Crippen LogP contribution in [0, 0.1) is 0 Å². The van der Waals surface area contributed by atoms with Gasteiger partial charge in [-0.2, -0.15) is 0 Å². The second-order valence-electron chi connectivity index (χ2n) is 4.61. The van der Waals surface area contributed by atoms with Gasteiger partial charge in [0.05, 0.1) is 11.5 Å². The van der Waals surface area contributed by atoms with Gasteiger partial charge in [-0.1, -0.05) is 0 Å². The molecule has 1 aromatic rings. The molecule has 1 aliphatic heterocycles. The van der Waals surface area contributed by atoms with E-state index in [4.69, 9.17) is 5.73 Å². The van der Waals surface area contributed by atoms with Crippen molar-refractivity contribution in [2.75, 3.05) is 17.2 Å². The van der Waals surface area contributed by atoms with Crippen molar-refractivity contribution in [2.45, 2.75) is 23.8 Å². The molecule has 0 radical (unpaired) electrons. The molecule has 0 saturated carbocycles. The second-order valence-corrected chi connectivity index (χ2v) is 9.44. The minimum Gasteiger partial charge on any atom is -0.383 e. The summed E-state index contributed by atoms with van der Waals surface area (Å²) < 4.78 is 50.4. The lowest BCUT2D eigenvalue weighted by Crippen LogP contribution is -2.43. The van der Waals surface area contributed by atoms with Crippen molar-refractivity contribution in [2.24, 2.45) is 0 Å². The minimum atomic E-state index is -3.90. The molecular formula is C10H14BrN3O4S2. The number of nitrogen functional groups attached to an aromatic ring is 1. The molecule has 20 heavy (non-hydrogen) atoms. The van der Waals surface area contributed by atoms with Crippen LogP contribution >= 0.6 is 15.9 Å². The summed E-state index contributed by atoms with van der Waals surface area (Å²) in [4.78, 5) is 3.60. The van der Waals surface area contributed by atoms with E-state index in [2.05, 4.69) is 25.6 Å². The lowest BCUT2D eigenvalue weighted by Gasteiger charge is -2.23. The molecule has 2 rings (SSSR count). The van der Waals surface area contributed by atoms with Crippen LogP contribution < -0.4 is 10.5 Å². The largest absolute Gasteiger partial charge is 0.383 e. The van der Waals surface area contributed by atoms with Crippen LogP contribution in [0.1, 0.15) is 12.8 Å². The maximum atomic E-state index is 12.2. The van der Waals surface area contributed by atoms with E-state index in [9.17, 15) is 16.8 Å². The smallest absolute Gasteiger partial charge is 0.244 e. The van der Waals surface area contributed by atoms with Crippen LogP contribution in [0.3, 0.4) is 0 Å². The Kier molecular flexibility index (Phi) is 4.38. The van der Waals surface area contributed by atoms with Gasteiger partial charge in [0.1, 0.15) is 10.7 Å². The molecule has 0 spiro atoms. The number of hydrogen-bond donors (Lipinski definition) is 2. The fourth-order valence-electron chi connectivity index (χ4n) is 2.05. The highest BCUT2D eigenvalue weighted by atomic mass is 79.9. The summed E-state index contributed by atoms with van der Waals surface area (Å²) in [5, 5.41) is 0. The van der Waals surface area contributed by atoms with Crippen molar-refractivity contribution >= 4 is 41.6 Å². The minimum absolute atomic E-state index is 0.103. The van der Waals surface area contributed by atoms with Crippen molar-refractivity contribution < 1.29 is 16.8 Å². The van der Waals surface area contributed by atoms with Crippen molar-refractivity contribution in [1.29, 1.82) is 0 Å². The number of halogens is 1. The molecule has 0 aliphatic carbocycles. The topological polar surface area (TPSA) is 119 Å². The van der Waals surface area contributed by atoms with Crippen LogP contribution in [0.15, 0.2) is 21.6 Å². The summed E-state index contributed by atoms with van der Waals surface area (Å²) in [5.41, 5.74) is 5.56. The van der Waals surface area contributed by atoms with Crippen LogP contribution in [-0.2, 0) is 19.9 Å². The van der Waals surface area contributed by atoms with E-state index in [1.807, 2.05) is 0 Å². The van der Waals surface area contributed by atoms with Crippen molar-refractivity contribution in [3.8, 4) is 0 Å². The third-order valence-electron chi connectivity index (χ3n) is 2.92. The van der Waals surface area contributed by atoms with Crippen molar-refractivity contribution in [3.05, 3.63) is 16.7 Å². The molecule has 3 N–H and O–H groups in total. The molecule has 1 aliphatic rings. The van der Waals surface area contributed by atoms with Gasteiger partial charge >= 0.3 is 0 Å². The predicted molar refractivity (Wildman–Crippen MR) is 78.3 cm³/mol. The third kappa shape index (κ3) is 3.68. The Morgan fingerprint density at radius 3 is 2.80 bits per heavy atom. The number of pyridine rings is 1. The van der Waals surface area contributed by atoms with Gasteiger partial charge in [-0.25, -0.2) is 26.5 Å². The molecule has 7 nitrogen and oxygen atoms in total.